The molecule has 0 spiro atoms. The van der Waals surface area contributed by atoms with Crippen molar-refractivity contribution in [3.63, 3.8) is 0 Å². The van der Waals surface area contributed by atoms with Gasteiger partial charge in [-0.15, -0.1) is 11.3 Å². The SMILES string of the molecule is CCNC(=NCC(C)(O)c1cccs1)NCCCC(=O)Nc1ccc(Cl)cc1. The van der Waals surface area contributed by atoms with E-state index in [1.165, 1.54) is 11.3 Å². The molecule has 1 unspecified atom stereocenters. The van der Waals surface area contributed by atoms with E-state index >= 15 is 0 Å². The van der Waals surface area contributed by atoms with Crippen LogP contribution in [0.25, 0.3) is 0 Å². The highest BCUT2D eigenvalue weighted by Gasteiger charge is 2.23. The second-order valence-electron chi connectivity index (χ2n) is 6.53. The van der Waals surface area contributed by atoms with Crippen molar-refractivity contribution < 1.29 is 9.90 Å². The number of rotatable bonds is 9. The number of nitrogens with zero attached hydrogens (tertiary/aromatic N) is 1. The monoisotopic (exact) mass is 422 g/mol. The van der Waals surface area contributed by atoms with Crippen LogP contribution in [0.3, 0.4) is 0 Å². The smallest absolute Gasteiger partial charge is 0.224 e. The Balaban J connectivity index is 1.76. The highest BCUT2D eigenvalue weighted by Crippen LogP contribution is 2.25. The molecule has 1 aromatic carbocycles. The molecule has 0 aliphatic rings. The minimum atomic E-state index is -1.00. The molecule has 2 aromatic rings. The lowest BCUT2D eigenvalue weighted by Crippen LogP contribution is -2.39. The van der Waals surface area contributed by atoms with Gasteiger partial charge in [0.1, 0.15) is 5.60 Å². The molecule has 1 heterocycles. The summed E-state index contributed by atoms with van der Waals surface area (Å²) in [5, 5.41) is 22.3. The van der Waals surface area contributed by atoms with E-state index < -0.39 is 5.60 Å². The van der Waals surface area contributed by atoms with Crippen molar-refractivity contribution in [2.75, 3.05) is 25.0 Å². The Morgan fingerprint density at radius 1 is 1.25 bits per heavy atom. The van der Waals surface area contributed by atoms with Crippen molar-refractivity contribution >= 4 is 40.5 Å². The zero-order valence-electron chi connectivity index (χ0n) is 16.2. The number of carbonyl (C=O) groups is 1. The Hall–Kier alpha value is -2.09. The van der Waals surface area contributed by atoms with Crippen molar-refractivity contribution in [3.05, 3.63) is 51.7 Å². The maximum absolute atomic E-state index is 12.0. The van der Waals surface area contributed by atoms with Crippen molar-refractivity contribution in [2.24, 2.45) is 4.99 Å². The van der Waals surface area contributed by atoms with Gasteiger partial charge in [0.2, 0.25) is 5.91 Å². The van der Waals surface area contributed by atoms with E-state index in [1.807, 2.05) is 24.4 Å². The van der Waals surface area contributed by atoms with Crippen LogP contribution in [0.4, 0.5) is 5.69 Å². The van der Waals surface area contributed by atoms with Crippen LogP contribution in [0, 0.1) is 0 Å². The number of hydrogen-bond acceptors (Lipinski definition) is 4. The third kappa shape index (κ3) is 7.50. The highest BCUT2D eigenvalue weighted by atomic mass is 35.5. The van der Waals surface area contributed by atoms with E-state index in [-0.39, 0.29) is 12.5 Å². The molecule has 1 amide bonds. The number of carbonyl (C=O) groups excluding carboxylic acids is 1. The summed E-state index contributed by atoms with van der Waals surface area (Å²) in [6.07, 6.45) is 1.05. The number of guanidine groups is 1. The van der Waals surface area contributed by atoms with Crippen molar-refractivity contribution in [2.45, 2.75) is 32.3 Å². The van der Waals surface area contributed by atoms with Crippen molar-refractivity contribution in [3.8, 4) is 0 Å². The molecule has 28 heavy (non-hydrogen) atoms. The molecule has 0 saturated carbocycles. The van der Waals surface area contributed by atoms with E-state index in [0.717, 1.165) is 10.6 Å². The molecule has 0 saturated heterocycles. The first-order valence-corrected chi connectivity index (χ1v) is 10.5. The molecule has 1 aromatic heterocycles. The van der Waals surface area contributed by atoms with Crippen LogP contribution >= 0.6 is 22.9 Å². The van der Waals surface area contributed by atoms with Gasteiger partial charge in [-0.1, -0.05) is 17.7 Å². The van der Waals surface area contributed by atoms with Crippen LogP contribution in [-0.4, -0.2) is 36.6 Å². The fourth-order valence-electron chi connectivity index (χ4n) is 2.45. The number of amides is 1. The molecule has 0 bridgehead atoms. The Morgan fingerprint density at radius 2 is 2.00 bits per heavy atom. The topological polar surface area (TPSA) is 85.8 Å². The maximum Gasteiger partial charge on any atom is 0.224 e. The molecule has 0 aliphatic heterocycles. The predicted molar refractivity (Wildman–Crippen MR) is 117 cm³/mol. The third-order valence-electron chi connectivity index (χ3n) is 3.94. The number of anilines is 1. The Labute approximate surface area is 175 Å². The zero-order valence-corrected chi connectivity index (χ0v) is 17.7. The van der Waals surface area contributed by atoms with Gasteiger partial charge in [-0.25, -0.2) is 4.99 Å². The second-order valence-corrected chi connectivity index (χ2v) is 7.92. The van der Waals surface area contributed by atoms with Gasteiger partial charge in [0.05, 0.1) is 6.54 Å². The van der Waals surface area contributed by atoms with Crippen LogP contribution < -0.4 is 16.0 Å². The number of benzene rings is 1. The summed E-state index contributed by atoms with van der Waals surface area (Å²) in [4.78, 5) is 17.4. The minimum absolute atomic E-state index is 0.0494. The van der Waals surface area contributed by atoms with E-state index in [2.05, 4.69) is 20.9 Å². The van der Waals surface area contributed by atoms with Crippen LogP contribution in [0.2, 0.25) is 5.02 Å². The molecule has 4 N–H and O–H groups in total. The number of hydrogen-bond donors (Lipinski definition) is 4. The van der Waals surface area contributed by atoms with Crippen molar-refractivity contribution in [1.82, 2.24) is 10.6 Å². The van der Waals surface area contributed by atoms with Gasteiger partial charge in [-0.3, -0.25) is 4.79 Å². The first-order valence-electron chi connectivity index (χ1n) is 9.24. The lowest BCUT2D eigenvalue weighted by molar-refractivity contribution is -0.116. The molecule has 0 fully saturated rings. The zero-order chi connectivity index (χ0) is 20.4. The summed E-state index contributed by atoms with van der Waals surface area (Å²) in [5.41, 5.74) is -0.275. The molecular formula is C20H27ClN4O2S. The number of halogens is 1. The second kappa shape index (κ2) is 11.0. The van der Waals surface area contributed by atoms with Crippen LogP contribution in [0.1, 0.15) is 31.6 Å². The lowest BCUT2D eigenvalue weighted by atomic mass is 10.1. The van der Waals surface area contributed by atoms with Gasteiger partial charge >= 0.3 is 0 Å². The maximum atomic E-state index is 12.0. The molecule has 0 radical (unpaired) electrons. The van der Waals surface area contributed by atoms with E-state index in [1.54, 1.807) is 31.2 Å². The predicted octanol–water partition coefficient (Wildman–Crippen LogP) is 3.58. The lowest BCUT2D eigenvalue weighted by Gasteiger charge is -2.20. The molecule has 6 nitrogen and oxygen atoms in total. The summed E-state index contributed by atoms with van der Waals surface area (Å²) >= 11 is 7.34. The fraction of sp³-hybridized carbons (Fsp3) is 0.400. The quantitative estimate of drug-likeness (QED) is 0.282. The van der Waals surface area contributed by atoms with E-state index in [4.69, 9.17) is 11.6 Å². The van der Waals surface area contributed by atoms with Crippen LogP contribution in [-0.2, 0) is 10.4 Å². The molecular weight excluding hydrogens is 396 g/mol. The van der Waals surface area contributed by atoms with Gasteiger partial charge in [-0.05, 0) is 56.0 Å². The summed E-state index contributed by atoms with van der Waals surface area (Å²) in [6, 6.07) is 10.8. The highest BCUT2D eigenvalue weighted by molar-refractivity contribution is 7.10. The van der Waals surface area contributed by atoms with Crippen LogP contribution in [0.15, 0.2) is 46.8 Å². The summed E-state index contributed by atoms with van der Waals surface area (Å²) in [6.45, 7) is 5.30. The molecule has 152 valence electrons. The van der Waals surface area contributed by atoms with Gasteiger partial charge < -0.3 is 21.1 Å². The summed E-state index contributed by atoms with van der Waals surface area (Å²) in [5.74, 6) is 0.573. The van der Waals surface area contributed by atoms with Gasteiger partial charge in [-0.2, -0.15) is 0 Å². The summed E-state index contributed by atoms with van der Waals surface area (Å²) in [7, 11) is 0. The van der Waals surface area contributed by atoms with Gasteiger partial charge in [0.25, 0.3) is 0 Å². The van der Waals surface area contributed by atoms with E-state index in [0.29, 0.717) is 36.9 Å². The molecule has 0 aliphatic carbocycles. The molecule has 2 rings (SSSR count). The Morgan fingerprint density at radius 3 is 2.64 bits per heavy atom. The molecule has 1 atom stereocenters. The number of nitrogens with one attached hydrogen (secondary N) is 3. The normalized spacial score (nSPS) is 13.6. The van der Waals surface area contributed by atoms with E-state index in [9.17, 15) is 9.90 Å². The number of aliphatic hydroxyl groups is 1. The average molecular weight is 423 g/mol. The third-order valence-corrected chi connectivity index (χ3v) is 5.32. The van der Waals surface area contributed by atoms with Crippen LogP contribution in [0.5, 0.6) is 0 Å². The minimum Gasteiger partial charge on any atom is -0.383 e. The number of aliphatic imine (C=N–C) groups is 1. The summed E-state index contributed by atoms with van der Waals surface area (Å²) < 4.78 is 0. The van der Waals surface area contributed by atoms with Gasteiger partial charge in [0.15, 0.2) is 5.96 Å². The first-order chi connectivity index (χ1) is 13.4. The average Bonchev–Trinajstić information content (AvgIpc) is 3.21. The standard InChI is InChI=1S/C20H27ClN4O2S/c1-3-22-19(24-14-20(2,27)17-6-5-13-28-17)23-12-4-7-18(26)25-16-10-8-15(21)9-11-16/h5-6,8-11,13,27H,3-4,7,12,14H2,1-2H3,(H,25,26)(H2,22,23,24). The largest absolute Gasteiger partial charge is 0.383 e. The first kappa shape index (κ1) is 22.2. The Bertz CT molecular complexity index is 761. The fourth-order valence-corrected chi connectivity index (χ4v) is 3.36. The van der Waals surface area contributed by atoms with Crippen molar-refractivity contribution in [1.29, 1.82) is 0 Å². The Kier molecular flexibility index (Phi) is 8.76. The number of thiophene rings is 1. The molecule has 8 heteroatoms. The van der Waals surface area contributed by atoms with Gasteiger partial charge in [0, 0.05) is 35.1 Å².